The molecule has 0 saturated carbocycles. The van der Waals surface area contributed by atoms with Crippen molar-refractivity contribution in [3.63, 3.8) is 0 Å². The van der Waals surface area contributed by atoms with E-state index in [2.05, 4.69) is 39.4 Å². The van der Waals surface area contributed by atoms with Gasteiger partial charge in [0, 0.05) is 44.0 Å². The van der Waals surface area contributed by atoms with Gasteiger partial charge in [-0.25, -0.2) is 8.42 Å². The lowest BCUT2D eigenvalue weighted by atomic mass is 9.99. The van der Waals surface area contributed by atoms with E-state index in [1.165, 1.54) is 17.7 Å². The molecule has 2 fully saturated rings. The molecule has 3 aromatic carbocycles. The topological polar surface area (TPSA) is 108 Å². The summed E-state index contributed by atoms with van der Waals surface area (Å²) < 4.78 is 35.5. The van der Waals surface area contributed by atoms with Gasteiger partial charge < -0.3 is 24.8 Å². The Kier molecular flexibility index (Phi) is 10.9. The van der Waals surface area contributed by atoms with Crippen molar-refractivity contribution in [1.82, 2.24) is 10.2 Å². The minimum atomic E-state index is -3.31. The molecule has 2 aliphatic rings. The molecule has 2 aliphatic heterocycles. The highest BCUT2D eigenvalue weighted by Crippen LogP contribution is 2.27. The van der Waals surface area contributed by atoms with Crippen LogP contribution in [0.1, 0.15) is 40.9 Å². The first-order valence-corrected chi connectivity index (χ1v) is 17.1. The molecule has 2 saturated heterocycles. The third kappa shape index (κ3) is 8.38. The SMILES string of the molecule is CCS(=O)(=O)c1ccc([C@H](CO)NC(=O)c2ccc(N3CC[C@H](Cc4ccc(OCCN5CCOCC5)cc4)C3)cc2)cc1. The van der Waals surface area contributed by atoms with Crippen LogP contribution >= 0.6 is 0 Å². The number of carbonyl (C=O) groups excluding carboxylic acids is 1. The zero-order valence-corrected chi connectivity index (χ0v) is 26.2. The fourth-order valence-electron chi connectivity index (χ4n) is 5.78. The van der Waals surface area contributed by atoms with Crippen LogP contribution in [0.3, 0.4) is 0 Å². The van der Waals surface area contributed by atoms with Crippen LogP contribution in [0, 0.1) is 5.92 Å². The van der Waals surface area contributed by atoms with Crippen LogP contribution in [0.2, 0.25) is 0 Å². The predicted octanol–water partition coefficient (Wildman–Crippen LogP) is 3.72. The lowest BCUT2D eigenvalue weighted by molar-refractivity contribution is 0.0322. The zero-order valence-electron chi connectivity index (χ0n) is 25.4. The van der Waals surface area contributed by atoms with Crippen LogP contribution < -0.4 is 15.0 Å². The molecule has 0 bridgehead atoms. The van der Waals surface area contributed by atoms with E-state index in [9.17, 15) is 18.3 Å². The highest BCUT2D eigenvalue weighted by Gasteiger charge is 2.24. The zero-order chi connectivity index (χ0) is 30.9. The molecular weight excluding hydrogens is 578 g/mol. The number of rotatable bonds is 13. The van der Waals surface area contributed by atoms with Crippen molar-refractivity contribution in [3.8, 4) is 5.75 Å². The second-order valence-electron chi connectivity index (χ2n) is 11.5. The number of ether oxygens (including phenoxy) is 2. The van der Waals surface area contributed by atoms with Crippen molar-refractivity contribution in [2.75, 3.05) is 69.8 Å². The molecule has 44 heavy (non-hydrogen) atoms. The van der Waals surface area contributed by atoms with E-state index in [1.807, 2.05) is 12.1 Å². The number of aliphatic hydroxyl groups excluding tert-OH is 1. The number of carbonyl (C=O) groups is 1. The Morgan fingerprint density at radius 3 is 2.36 bits per heavy atom. The number of benzene rings is 3. The summed E-state index contributed by atoms with van der Waals surface area (Å²) >= 11 is 0. The summed E-state index contributed by atoms with van der Waals surface area (Å²) in [7, 11) is -3.31. The quantitative estimate of drug-likeness (QED) is 0.298. The highest BCUT2D eigenvalue weighted by molar-refractivity contribution is 7.91. The summed E-state index contributed by atoms with van der Waals surface area (Å²) in [6.45, 7) is 8.36. The number of sulfone groups is 1. The monoisotopic (exact) mass is 621 g/mol. The molecule has 0 unspecified atom stereocenters. The average molecular weight is 622 g/mol. The van der Waals surface area contributed by atoms with E-state index in [-0.39, 0.29) is 23.2 Å². The molecule has 2 N–H and O–H groups in total. The summed E-state index contributed by atoms with van der Waals surface area (Å²) in [5.41, 5.74) is 3.53. The standard InChI is InChI=1S/C34H43N3O6S/c1-2-44(40,41)32-13-7-28(8-14-32)33(25-38)35-34(39)29-5-9-30(10-6-29)37-16-15-27(24-37)23-26-3-11-31(12-4-26)43-22-19-36-17-20-42-21-18-36/h3-14,27,33,38H,2,15-25H2,1H3,(H,35,39)/t27-,33+/m1/s1. The van der Waals surface area contributed by atoms with Crippen LogP contribution in [0.25, 0.3) is 0 Å². The van der Waals surface area contributed by atoms with Crippen LogP contribution in [0.15, 0.2) is 77.7 Å². The van der Waals surface area contributed by atoms with Gasteiger partial charge in [0.05, 0.1) is 36.5 Å². The first kappa shape index (κ1) is 32.0. The molecule has 0 radical (unpaired) electrons. The number of nitrogens with zero attached hydrogens (tertiary/aromatic N) is 2. The highest BCUT2D eigenvalue weighted by atomic mass is 32.2. The molecule has 0 aliphatic carbocycles. The van der Waals surface area contributed by atoms with Gasteiger partial charge in [0.25, 0.3) is 5.91 Å². The van der Waals surface area contributed by atoms with Crippen molar-refractivity contribution < 1.29 is 27.8 Å². The van der Waals surface area contributed by atoms with E-state index in [4.69, 9.17) is 9.47 Å². The van der Waals surface area contributed by atoms with Crippen LogP contribution in [0.5, 0.6) is 5.75 Å². The minimum Gasteiger partial charge on any atom is -0.492 e. The van der Waals surface area contributed by atoms with Crippen LogP contribution in [0.4, 0.5) is 5.69 Å². The molecule has 9 nitrogen and oxygen atoms in total. The number of anilines is 1. The summed E-state index contributed by atoms with van der Waals surface area (Å²) in [4.78, 5) is 17.9. The number of nitrogens with one attached hydrogen (secondary N) is 1. The van der Waals surface area contributed by atoms with E-state index in [1.54, 1.807) is 31.2 Å². The third-order valence-electron chi connectivity index (χ3n) is 8.52. The lowest BCUT2D eigenvalue weighted by Crippen LogP contribution is -2.38. The van der Waals surface area contributed by atoms with E-state index >= 15 is 0 Å². The number of aliphatic hydroxyl groups is 1. The van der Waals surface area contributed by atoms with Gasteiger partial charge in [0.2, 0.25) is 0 Å². The molecule has 3 aromatic rings. The van der Waals surface area contributed by atoms with Gasteiger partial charge in [-0.05, 0) is 78.4 Å². The van der Waals surface area contributed by atoms with Gasteiger partial charge in [-0.15, -0.1) is 0 Å². The number of morpholine rings is 1. The van der Waals surface area contributed by atoms with Crippen molar-refractivity contribution in [2.45, 2.75) is 30.7 Å². The Bertz CT molecular complexity index is 1460. The third-order valence-corrected chi connectivity index (χ3v) is 10.3. The minimum absolute atomic E-state index is 0.0147. The van der Waals surface area contributed by atoms with Gasteiger partial charge >= 0.3 is 0 Å². The van der Waals surface area contributed by atoms with E-state index < -0.39 is 15.9 Å². The van der Waals surface area contributed by atoms with Crippen molar-refractivity contribution in [3.05, 3.63) is 89.5 Å². The van der Waals surface area contributed by atoms with Gasteiger partial charge in [0.1, 0.15) is 12.4 Å². The Morgan fingerprint density at radius 2 is 1.70 bits per heavy atom. The summed E-state index contributed by atoms with van der Waals surface area (Å²) in [6, 6.07) is 21.7. The Morgan fingerprint density at radius 1 is 1.00 bits per heavy atom. The molecule has 1 amide bonds. The van der Waals surface area contributed by atoms with Crippen LogP contribution in [-0.2, 0) is 21.0 Å². The number of hydrogen-bond donors (Lipinski definition) is 2. The number of hydrogen-bond acceptors (Lipinski definition) is 8. The first-order chi connectivity index (χ1) is 21.3. The molecule has 10 heteroatoms. The fourth-order valence-corrected chi connectivity index (χ4v) is 6.66. The van der Waals surface area contributed by atoms with Crippen LogP contribution in [-0.4, -0.2) is 89.2 Å². The van der Waals surface area contributed by atoms with E-state index in [0.29, 0.717) is 23.7 Å². The maximum absolute atomic E-state index is 13.0. The van der Waals surface area contributed by atoms with Crippen molar-refractivity contribution >= 4 is 21.4 Å². The average Bonchev–Trinajstić information content (AvgIpc) is 3.53. The van der Waals surface area contributed by atoms with Crippen molar-refractivity contribution in [2.24, 2.45) is 5.92 Å². The Hall–Kier alpha value is -3.44. The first-order valence-electron chi connectivity index (χ1n) is 15.5. The molecule has 236 valence electrons. The summed E-state index contributed by atoms with van der Waals surface area (Å²) in [5, 5.41) is 12.8. The van der Waals surface area contributed by atoms with E-state index in [0.717, 1.165) is 70.2 Å². The Balaban J connectivity index is 1.08. The fraction of sp³-hybridized carbons (Fsp3) is 0.441. The molecule has 2 heterocycles. The maximum atomic E-state index is 13.0. The lowest BCUT2D eigenvalue weighted by Gasteiger charge is -2.26. The Labute approximate surface area is 260 Å². The molecular formula is C34H43N3O6S. The molecule has 5 rings (SSSR count). The second-order valence-corrected chi connectivity index (χ2v) is 13.8. The predicted molar refractivity (Wildman–Crippen MR) is 171 cm³/mol. The smallest absolute Gasteiger partial charge is 0.251 e. The largest absolute Gasteiger partial charge is 0.492 e. The summed E-state index contributed by atoms with van der Waals surface area (Å²) in [5.74, 6) is 1.18. The van der Waals surface area contributed by atoms with Crippen molar-refractivity contribution in [1.29, 1.82) is 0 Å². The second kappa shape index (κ2) is 15.0. The molecule has 0 spiro atoms. The molecule has 2 atom stereocenters. The van der Waals surface area contributed by atoms with Gasteiger partial charge in [0.15, 0.2) is 9.84 Å². The van der Waals surface area contributed by atoms with Gasteiger partial charge in [-0.2, -0.15) is 0 Å². The maximum Gasteiger partial charge on any atom is 0.251 e. The summed E-state index contributed by atoms with van der Waals surface area (Å²) in [6.07, 6.45) is 2.12. The normalized spacial score (nSPS) is 18.2. The number of amides is 1. The van der Waals surface area contributed by atoms with Gasteiger partial charge in [-0.1, -0.05) is 31.2 Å². The molecule has 0 aromatic heterocycles. The van der Waals surface area contributed by atoms with Gasteiger partial charge in [-0.3, -0.25) is 9.69 Å².